The molecule has 1 fully saturated rings. The number of hydrogen-bond acceptors (Lipinski definition) is 2. The Hall–Kier alpha value is -1.90. The van der Waals surface area contributed by atoms with Gasteiger partial charge < -0.3 is 4.74 Å². The zero-order valence-corrected chi connectivity index (χ0v) is 19.6. The van der Waals surface area contributed by atoms with Gasteiger partial charge in [-0.15, -0.1) is 6.58 Å². The zero-order chi connectivity index (χ0) is 21.8. The van der Waals surface area contributed by atoms with Gasteiger partial charge in [-0.1, -0.05) is 81.5 Å². The molecule has 0 amide bonds. The van der Waals surface area contributed by atoms with Gasteiger partial charge in [0, 0.05) is 13.1 Å². The van der Waals surface area contributed by atoms with E-state index in [-0.39, 0.29) is 5.54 Å². The second-order valence-corrected chi connectivity index (χ2v) is 7.84. The van der Waals surface area contributed by atoms with Gasteiger partial charge in [0.2, 0.25) is 0 Å². The minimum atomic E-state index is -0.247. The van der Waals surface area contributed by atoms with Crippen molar-refractivity contribution in [2.24, 2.45) is 5.92 Å². The van der Waals surface area contributed by atoms with E-state index in [0.717, 1.165) is 45.6 Å². The smallest absolute Gasteiger partial charge is 0.0933 e. The average molecular weight is 408 g/mol. The van der Waals surface area contributed by atoms with Gasteiger partial charge in [0.05, 0.1) is 18.8 Å². The molecular weight excluding hydrogens is 366 g/mol. The first kappa shape index (κ1) is 24.4. The first-order valence-corrected chi connectivity index (χ1v) is 11.8. The molecule has 2 nitrogen and oxygen atoms in total. The monoisotopic (exact) mass is 407 g/mol. The molecule has 0 aromatic heterocycles. The molecule has 1 unspecified atom stereocenters. The summed E-state index contributed by atoms with van der Waals surface area (Å²) in [5.41, 5.74) is 4.00. The van der Waals surface area contributed by atoms with Crippen molar-refractivity contribution in [3.63, 3.8) is 0 Å². The van der Waals surface area contributed by atoms with E-state index in [1.54, 1.807) is 0 Å². The minimum Gasteiger partial charge on any atom is -0.379 e. The molecule has 2 aliphatic rings. The summed E-state index contributed by atoms with van der Waals surface area (Å²) < 4.78 is 5.75. The maximum Gasteiger partial charge on any atom is 0.0933 e. The first-order chi connectivity index (χ1) is 14.7. The lowest BCUT2D eigenvalue weighted by Gasteiger charge is -2.50. The molecule has 1 aromatic rings. The van der Waals surface area contributed by atoms with Crippen molar-refractivity contribution in [3.8, 4) is 0 Å². The average Bonchev–Trinajstić information content (AvgIpc) is 3.10. The molecule has 1 aliphatic carbocycles. The highest BCUT2D eigenvalue weighted by Crippen LogP contribution is 2.47. The Kier molecular flexibility index (Phi) is 10.3. The predicted octanol–water partition coefficient (Wildman–Crippen LogP) is 7.07. The van der Waals surface area contributed by atoms with Crippen LogP contribution in [0, 0.1) is 5.92 Å². The molecular formula is C28H41NO. The zero-order valence-electron chi connectivity index (χ0n) is 19.6. The number of rotatable bonds is 7. The van der Waals surface area contributed by atoms with Gasteiger partial charge in [0.15, 0.2) is 0 Å². The van der Waals surface area contributed by atoms with Crippen molar-refractivity contribution in [2.45, 2.75) is 58.9 Å². The van der Waals surface area contributed by atoms with Crippen molar-refractivity contribution in [3.05, 3.63) is 84.0 Å². The highest BCUT2D eigenvalue weighted by atomic mass is 16.5. The summed E-state index contributed by atoms with van der Waals surface area (Å²) in [5.74, 6) is 0.420. The van der Waals surface area contributed by atoms with Crippen LogP contribution in [-0.2, 0) is 10.3 Å². The first-order valence-electron chi connectivity index (χ1n) is 11.8. The lowest BCUT2D eigenvalue weighted by Crippen LogP contribution is -2.54. The van der Waals surface area contributed by atoms with Crippen LogP contribution in [0.4, 0.5) is 0 Å². The van der Waals surface area contributed by atoms with E-state index in [2.05, 4.69) is 86.0 Å². The van der Waals surface area contributed by atoms with E-state index in [9.17, 15) is 0 Å². The summed E-state index contributed by atoms with van der Waals surface area (Å²) in [5, 5.41) is 0. The van der Waals surface area contributed by atoms with Crippen LogP contribution in [0.15, 0.2) is 78.4 Å². The van der Waals surface area contributed by atoms with Crippen molar-refractivity contribution >= 4 is 0 Å². The maximum absolute atomic E-state index is 5.75. The molecule has 1 saturated heterocycles. The molecule has 0 N–H and O–H groups in total. The lowest BCUT2D eigenvalue weighted by molar-refractivity contribution is -0.00171. The van der Waals surface area contributed by atoms with E-state index in [1.165, 1.54) is 23.1 Å². The molecule has 2 heteroatoms. The van der Waals surface area contributed by atoms with E-state index >= 15 is 0 Å². The number of allylic oxidation sites excluding steroid dienone is 4. The summed E-state index contributed by atoms with van der Waals surface area (Å²) >= 11 is 0. The number of benzene rings is 1. The number of morpholine rings is 1. The fourth-order valence-corrected chi connectivity index (χ4v) is 4.89. The largest absolute Gasteiger partial charge is 0.379 e. The normalized spacial score (nSPS) is 20.8. The number of ether oxygens (including phenoxy) is 1. The minimum absolute atomic E-state index is 0.247. The van der Waals surface area contributed by atoms with Crippen molar-refractivity contribution < 1.29 is 4.74 Å². The fraction of sp³-hybridized carbons (Fsp3) is 0.500. The number of hydrogen-bond donors (Lipinski definition) is 0. The Balaban J connectivity index is 0.00000155. The molecule has 1 heterocycles. The number of nitrogens with zero attached hydrogens (tertiary/aromatic N) is 1. The maximum atomic E-state index is 5.75. The fourth-order valence-electron chi connectivity index (χ4n) is 4.89. The highest BCUT2D eigenvalue weighted by molar-refractivity contribution is 5.51. The third kappa shape index (κ3) is 5.22. The Morgan fingerprint density at radius 3 is 2.50 bits per heavy atom. The molecule has 0 spiro atoms. The molecule has 0 radical (unpaired) electrons. The quantitative estimate of drug-likeness (QED) is 0.448. The summed E-state index contributed by atoms with van der Waals surface area (Å²) in [6.45, 7) is 16.0. The third-order valence-electron chi connectivity index (χ3n) is 6.11. The van der Waals surface area contributed by atoms with Gasteiger partial charge in [0.25, 0.3) is 0 Å². The molecule has 0 bridgehead atoms. The van der Waals surface area contributed by atoms with Crippen LogP contribution >= 0.6 is 0 Å². The van der Waals surface area contributed by atoms with E-state index in [1.807, 2.05) is 13.8 Å². The van der Waals surface area contributed by atoms with Crippen LogP contribution in [-0.4, -0.2) is 31.2 Å². The molecule has 3 rings (SSSR count). The predicted molar refractivity (Wildman–Crippen MR) is 131 cm³/mol. The van der Waals surface area contributed by atoms with Crippen LogP contribution in [0.5, 0.6) is 0 Å². The SMILES string of the molecule is C=CC[C@@H](C)/C(=C\C)C(C1=CCCCC=C1)(c1ccccc1)N1CCOCC1.CC. The van der Waals surface area contributed by atoms with E-state index < -0.39 is 0 Å². The summed E-state index contributed by atoms with van der Waals surface area (Å²) in [6, 6.07) is 11.1. The standard InChI is InChI=1S/C26H35NO.C2H6/c1-4-13-22(3)25(5-2)26(24-16-11-8-12-17-24,27-18-20-28-21-19-27)23-14-9-6-7-10-15-23;1-2/h4-5,8-9,11-12,14-17,22H,1,6-7,10,13,18-21H2,2-3H3;1-2H3/b25-5+;/t22-,26?;/m1./s1. The van der Waals surface area contributed by atoms with Gasteiger partial charge in [-0.25, -0.2) is 0 Å². The third-order valence-corrected chi connectivity index (χ3v) is 6.11. The van der Waals surface area contributed by atoms with Crippen molar-refractivity contribution in [1.82, 2.24) is 4.90 Å². The van der Waals surface area contributed by atoms with Gasteiger partial charge in [-0.2, -0.15) is 0 Å². The van der Waals surface area contributed by atoms with E-state index in [0.29, 0.717) is 5.92 Å². The van der Waals surface area contributed by atoms with Gasteiger partial charge in [0.1, 0.15) is 0 Å². The Bertz CT molecular complexity index is 724. The molecule has 1 aromatic carbocycles. The van der Waals surface area contributed by atoms with Crippen LogP contribution in [0.1, 0.15) is 58.9 Å². The van der Waals surface area contributed by atoms with Crippen LogP contribution < -0.4 is 0 Å². The second kappa shape index (κ2) is 12.7. The van der Waals surface area contributed by atoms with Gasteiger partial charge in [-0.3, -0.25) is 4.90 Å². The van der Waals surface area contributed by atoms with Crippen LogP contribution in [0.2, 0.25) is 0 Å². The molecule has 30 heavy (non-hydrogen) atoms. The van der Waals surface area contributed by atoms with Gasteiger partial charge in [-0.05, 0) is 55.2 Å². The van der Waals surface area contributed by atoms with Crippen LogP contribution in [0.25, 0.3) is 0 Å². The highest BCUT2D eigenvalue weighted by Gasteiger charge is 2.45. The molecule has 1 aliphatic heterocycles. The Labute approximate surface area is 185 Å². The van der Waals surface area contributed by atoms with E-state index in [4.69, 9.17) is 4.74 Å². The molecule has 0 saturated carbocycles. The molecule has 164 valence electrons. The van der Waals surface area contributed by atoms with Crippen LogP contribution in [0.3, 0.4) is 0 Å². The van der Waals surface area contributed by atoms with Crippen molar-refractivity contribution in [2.75, 3.05) is 26.3 Å². The summed E-state index contributed by atoms with van der Waals surface area (Å²) in [6.07, 6.45) is 16.1. The Morgan fingerprint density at radius 2 is 1.87 bits per heavy atom. The lowest BCUT2D eigenvalue weighted by atomic mass is 9.69. The Morgan fingerprint density at radius 1 is 1.17 bits per heavy atom. The summed E-state index contributed by atoms with van der Waals surface area (Å²) in [4.78, 5) is 2.66. The topological polar surface area (TPSA) is 12.5 Å². The van der Waals surface area contributed by atoms with Gasteiger partial charge >= 0.3 is 0 Å². The van der Waals surface area contributed by atoms with Crippen molar-refractivity contribution in [1.29, 1.82) is 0 Å². The second-order valence-electron chi connectivity index (χ2n) is 7.84. The molecule has 2 atom stereocenters. The summed E-state index contributed by atoms with van der Waals surface area (Å²) in [7, 11) is 0.